The van der Waals surface area contributed by atoms with Crippen LogP contribution in [0, 0.1) is 0 Å². The smallest absolute Gasteiger partial charge is 0.341 e. The molecule has 1 aromatic heterocycles. The summed E-state index contributed by atoms with van der Waals surface area (Å²) >= 11 is 17.8. The number of ketones is 1. The van der Waals surface area contributed by atoms with Crippen molar-refractivity contribution in [2.45, 2.75) is 13.8 Å². The number of rotatable bonds is 2. The molecule has 0 unspecified atom stereocenters. The van der Waals surface area contributed by atoms with Crippen LogP contribution in [0.25, 0.3) is 5.69 Å². The summed E-state index contributed by atoms with van der Waals surface area (Å²) in [5, 5.41) is 13.5. The minimum Gasteiger partial charge on any atom is -0.477 e. The number of nitrogens with two attached hydrogens (primary N) is 1. The van der Waals surface area contributed by atoms with Gasteiger partial charge in [-0.2, -0.15) is 5.10 Å². The highest BCUT2D eigenvalue weighted by atomic mass is 35.5. The molecule has 0 saturated carbocycles. The van der Waals surface area contributed by atoms with Crippen molar-refractivity contribution in [3.63, 3.8) is 0 Å². The molecular formula is C13H12Cl3N3O3. The zero-order valence-corrected chi connectivity index (χ0v) is 13.9. The van der Waals surface area contributed by atoms with Crippen LogP contribution in [-0.4, -0.2) is 26.6 Å². The van der Waals surface area contributed by atoms with Crippen LogP contribution < -0.4 is 5.73 Å². The SMILES string of the molecule is CC(C)=O.Nc1c(C(=O)O)cnn1-c1c(Cl)cc(Cl)cc1Cl. The monoisotopic (exact) mass is 363 g/mol. The third-order valence-electron chi connectivity index (χ3n) is 2.23. The zero-order chi connectivity index (χ0) is 17.0. The summed E-state index contributed by atoms with van der Waals surface area (Å²) in [5.74, 6) is -1.08. The molecule has 22 heavy (non-hydrogen) atoms. The molecule has 1 aromatic carbocycles. The van der Waals surface area contributed by atoms with Gasteiger partial charge in [-0.05, 0) is 26.0 Å². The highest BCUT2D eigenvalue weighted by Crippen LogP contribution is 2.33. The molecule has 0 aliphatic heterocycles. The first-order valence-electron chi connectivity index (χ1n) is 5.84. The molecule has 0 aliphatic carbocycles. The number of carboxylic acids is 1. The second-order valence-electron chi connectivity index (χ2n) is 4.29. The number of nitrogens with zero attached hydrogens (tertiary/aromatic N) is 2. The number of carboxylic acid groups (broad SMARTS) is 1. The van der Waals surface area contributed by atoms with E-state index in [9.17, 15) is 9.59 Å². The van der Waals surface area contributed by atoms with Crippen molar-refractivity contribution in [1.82, 2.24) is 9.78 Å². The van der Waals surface area contributed by atoms with E-state index in [1.54, 1.807) is 0 Å². The maximum Gasteiger partial charge on any atom is 0.341 e. The summed E-state index contributed by atoms with van der Waals surface area (Å²) in [6, 6.07) is 2.93. The fraction of sp³-hybridized carbons (Fsp3) is 0.154. The lowest BCUT2D eigenvalue weighted by atomic mass is 10.3. The predicted molar refractivity (Wildman–Crippen MR) is 86.3 cm³/mol. The number of carbonyl (C=O) groups excluding carboxylic acids is 1. The van der Waals surface area contributed by atoms with Gasteiger partial charge >= 0.3 is 5.97 Å². The van der Waals surface area contributed by atoms with Gasteiger partial charge in [0.2, 0.25) is 0 Å². The van der Waals surface area contributed by atoms with E-state index in [-0.39, 0.29) is 32.9 Å². The van der Waals surface area contributed by atoms with Crippen LogP contribution in [0.5, 0.6) is 0 Å². The summed E-state index contributed by atoms with van der Waals surface area (Å²) < 4.78 is 1.16. The highest BCUT2D eigenvalue weighted by Gasteiger charge is 2.18. The fourth-order valence-corrected chi connectivity index (χ4v) is 2.41. The van der Waals surface area contributed by atoms with Crippen molar-refractivity contribution in [2.24, 2.45) is 0 Å². The minimum absolute atomic E-state index is 0.0615. The lowest BCUT2D eigenvalue weighted by Gasteiger charge is -2.09. The standard InChI is InChI=1S/C10H6Cl3N3O2.C3H6O/c11-4-1-6(12)8(7(13)2-4)16-9(14)5(3-15-16)10(17)18;1-3(2)4/h1-3H,14H2,(H,17,18);1-2H3. The summed E-state index contributed by atoms with van der Waals surface area (Å²) in [6.45, 7) is 3.06. The molecule has 0 spiro atoms. The molecule has 6 nitrogen and oxygen atoms in total. The quantitative estimate of drug-likeness (QED) is 0.846. The number of benzene rings is 1. The molecule has 0 radical (unpaired) electrons. The Morgan fingerprint density at radius 2 is 1.64 bits per heavy atom. The first kappa shape index (κ1) is 18.3. The maximum atomic E-state index is 10.9. The molecule has 0 fully saturated rings. The van der Waals surface area contributed by atoms with E-state index in [1.807, 2.05) is 0 Å². The van der Waals surface area contributed by atoms with Gasteiger partial charge in [0.1, 0.15) is 22.9 Å². The molecule has 2 aromatic rings. The van der Waals surface area contributed by atoms with Gasteiger partial charge in [-0.3, -0.25) is 0 Å². The molecule has 118 valence electrons. The van der Waals surface area contributed by atoms with E-state index >= 15 is 0 Å². The molecule has 1 heterocycles. The first-order chi connectivity index (χ1) is 10.1. The lowest BCUT2D eigenvalue weighted by molar-refractivity contribution is -0.115. The number of aromatic nitrogens is 2. The predicted octanol–water partition coefficient (Wildman–Crippen LogP) is 3.71. The number of nitrogen functional groups attached to an aromatic ring is 1. The molecule has 0 amide bonds. The van der Waals surface area contributed by atoms with Crippen molar-refractivity contribution < 1.29 is 14.7 Å². The van der Waals surface area contributed by atoms with Gasteiger partial charge in [-0.1, -0.05) is 34.8 Å². The van der Waals surface area contributed by atoms with Crippen LogP contribution in [0.4, 0.5) is 5.82 Å². The maximum absolute atomic E-state index is 10.9. The van der Waals surface area contributed by atoms with E-state index in [4.69, 9.17) is 45.6 Å². The van der Waals surface area contributed by atoms with Gasteiger partial charge in [0.25, 0.3) is 0 Å². The molecule has 0 aliphatic rings. The second kappa shape index (κ2) is 7.49. The molecule has 9 heteroatoms. The highest BCUT2D eigenvalue weighted by molar-refractivity contribution is 6.40. The third-order valence-corrected chi connectivity index (χ3v) is 3.02. The van der Waals surface area contributed by atoms with Gasteiger partial charge in [0.05, 0.1) is 16.2 Å². The number of aromatic carboxylic acids is 1. The summed E-state index contributed by atoms with van der Waals surface area (Å²) in [7, 11) is 0. The molecule has 0 atom stereocenters. The van der Waals surface area contributed by atoms with E-state index < -0.39 is 5.97 Å². The number of carbonyl (C=O) groups is 2. The van der Waals surface area contributed by atoms with E-state index in [2.05, 4.69) is 5.10 Å². The summed E-state index contributed by atoms with van der Waals surface area (Å²) in [5.41, 5.74) is 5.84. The van der Waals surface area contributed by atoms with Gasteiger partial charge in [-0.25, -0.2) is 9.48 Å². The Morgan fingerprint density at radius 3 is 2.00 bits per heavy atom. The van der Waals surface area contributed by atoms with Crippen molar-refractivity contribution >= 4 is 52.4 Å². The molecule has 0 saturated heterocycles. The zero-order valence-electron chi connectivity index (χ0n) is 11.6. The van der Waals surface area contributed by atoms with Crippen LogP contribution in [-0.2, 0) is 4.79 Å². The fourth-order valence-electron chi connectivity index (χ4n) is 1.44. The average molecular weight is 365 g/mol. The van der Waals surface area contributed by atoms with Crippen molar-refractivity contribution in [3.05, 3.63) is 39.0 Å². The largest absolute Gasteiger partial charge is 0.477 e. The summed E-state index contributed by atoms with van der Waals surface area (Å²) in [6.07, 6.45) is 1.12. The van der Waals surface area contributed by atoms with Crippen LogP contribution in [0.3, 0.4) is 0 Å². The normalized spacial score (nSPS) is 9.86. The Morgan fingerprint density at radius 1 is 1.18 bits per heavy atom. The Bertz CT molecular complexity index is 702. The second-order valence-corrected chi connectivity index (χ2v) is 5.54. The Hall–Kier alpha value is -1.76. The number of Topliss-reactive ketones (excluding diaryl/α,β-unsaturated/α-hetero) is 1. The van der Waals surface area contributed by atoms with Gasteiger partial charge < -0.3 is 15.6 Å². The molecule has 3 N–H and O–H groups in total. The third kappa shape index (κ3) is 4.37. The number of hydrogen-bond donors (Lipinski definition) is 2. The Balaban J connectivity index is 0.000000541. The van der Waals surface area contributed by atoms with Crippen LogP contribution in [0.2, 0.25) is 15.1 Å². The minimum atomic E-state index is -1.18. The van der Waals surface area contributed by atoms with Crippen molar-refractivity contribution in [2.75, 3.05) is 5.73 Å². The van der Waals surface area contributed by atoms with Crippen molar-refractivity contribution in [3.8, 4) is 5.69 Å². The lowest BCUT2D eigenvalue weighted by Crippen LogP contribution is -2.06. The first-order valence-corrected chi connectivity index (χ1v) is 6.97. The summed E-state index contributed by atoms with van der Waals surface area (Å²) in [4.78, 5) is 20.3. The average Bonchev–Trinajstić information content (AvgIpc) is 2.69. The van der Waals surface area contributed by atoms with Crippen LogP contribution >= 0.6 is 34.8 Å². The van der Waals surface area contributed by atoms with Crippen LogP contribution in [0.1, 0.15) is 24.2 Å². The van der Waals surface area contributed by atoms with E-state index in [0.717, 1.165) is 10.9 Å². The topological polar surface area (TPSA) is 98.2 Å². The van der Waals surface area contributed by atoms with Gasteiger partial charge in [-0.15, -0.1) is 0 Å². The molecule has 0 bridgehead atoms. The van der Waals surface area contributed by atoms with E-state index in [0.29, 0.717) is 5.02 Å². The Kier molecular flexibility index (Phi) is 6.22. The number of hydrogen-bond acceptors (Lipinski definition) is 4. The van der Waals surface area contributed by atoms with Gasteiger partial charge in [0, 0.05) is 5.02 Å². The molecule has 2 rings (SSSR count). The number of anilines is 1. The Labute approximate surface area is 141 Å². The number of halogens is 3. The van der Waals surface area contributed by atoms with Gasteiger partial charge in [0.15, 0.2) is 0 Å². The van der Waals surface area contributed by atoms with E-state index in [1.165, 1.54) is 26.0 Å². The molecular weight excluding hydrogens is 353 g/mol. The van der Waals surface area contributed by atoms with Crippen LogP contribution in [0.15, 0.2) is 18.3 Å². The van der Waals surface area contributed by atoms with Crippen molar-refractivity contribution in [1.29, 1.82) is 0 Å².